The van der Waals surface area contributed by atoms with Crippen LogP contribution in [0.1, 0.15) is 58.2 Å². The van der Waals surface area contributed by atoms with E-state index in [9.17, 15) is 5.11 Å². The lowest BCUT2D eigenvalue weighted by atomic mass is 9.78. The van der Waals surface area contributed by atoms with Gasteiger partial charge in [-0.25, -0.2) is 0 Å². The predicted molar refractivity (Wildman–Crippen MR) is 89.9 cm³/mol. The van der Waals surface area contributed by atoms with Crippen molar-refractivity contribution in [3.05, 3.63) is 40.5 Å². The summed E-state index contributed by atoms with van der Waals surface area (Å²) in [5.41, 5.74) is 2.36. The van der Waals surface area contributed by atoms with Crippen molar-refractivity contribution in [1.82, 2.24) is 0 Å². The Bertz CT molecular complexity index is 584. The monoisotopic (exact) mass is 305 g/mol. The van der Waals surface area contributed by atoms with E-state index in [1.807, 2.05) is 12.1 Å². The van der Waals surface area contributed by atoms with Crippen molar-refractivity contribution in [1.29, 1.82) is 0 Å². The highest BCUT2D eigenvalue weighted by molar-refractivity contribution is 8.02. The molecule has 3 nitrogen and oxygen atoms in total. The molecule has 0 saturated carbocycles. The predicted octanol–water partition coefficient (Wildman–Crippen LogP) is 4.88. The third-order valence-electron chi connectivity index (χ3n) is 3.41. The highest BCUT2D eigenvalue weighted by Gasteiger charge is 2.28. The van der Waals surface area contributed by atoms with Crippen LogP contribution in [0.25, 0.3) is 0 Å². The van der Waals surface area contributed by atoms with E-state index in [1.54, 1.807) is 0 Å². The first-order chi connectivity index (χ1) is 9.50. The summed E-state index contributed by atoms with van der Waals surface area (Å²) in [6.07, 6.45) is 0. The number of aromatic hydroxyl groups is 1. The summed E-state index contributed by atoms with van der Waals surface area (Å²) in [5.74, 6) is 0.921. The van der Waals surface area contributed by atoms with Crippen molar-refractivity contribution in [3.63, 3.8) is 0 Å². The fourth-order valence-electron chi connectivity index (χ4n) is 2.25. The molecule has 1 aliphatic heterocycles. The quantitative estimate of drug-likeness (QED) is 0.752. The minimum atomic E-state index is -0.163. The second-order valence-electron chi connectivity index (χ2n) is 7.38. The minimum Gasteiger partial charge on any atom is -0.507 e. The molecule has 4 heteroatoms. The number of rotatable bonds is 1. The van der Waals surface area contributed by atoms with Crippen LogP contribution in [0.3, 0.4) is 0 Å². The molecule has 2 rings (SSSR count). The standard InChI is InChI=1S/C17H23NO2S/c1-10-20-15(18-21-10)11-8-12(16(2,3)4)14(19)13(9-11)17(5,6)7/h8-9,19H,1H2,2-7H3. The zero-order valence-corrected chi connectivity index (χ0v) is 14.4. The molecule has 1 aromatic carbocycles. The molecule has 1 aliphatic rings. The maximum Gasteiger partial charge on any atom is 0.234 e. The van der Waals surface area contributed by atoms with Crippen LogP contribution in [0.4, 0.5) is 0 Å². The van der Waals surface area contributed by atoms with E-state index in [0.717, 1.165) is 16.7 Å². The molecule has 0 aromatic heterocycles. The van der Waals surface area contributed by atoms with E-state index in [0.29, 0.717) is 16.7 Å². The molecule has 0 amide bonds. The van der Waals surface area contributed by atoms with Gasteiger partial charge in [0, 0.05) is 16.7 Å². The van der Waals surface area contributed by atoms with Crippen molar-refractivity contribution < 1.29 is 9.84 Å². The van der Waals surface area contributed by atoms with Gasteiger partial charge in [-0.15, -0.1) is 0 Å². The molecule has 0 spiro atoms. The van der Waals surface area contributed by atoms with Crippen LogP contribution in [0.15, 0.2) is 28.2 Å². The molecular weight excluding hydrogens is 282 g/mol. The van der Waals surface area contributed by atoms with Gasteiger partial charge < -0.3 is 9.84 Å². The first-order valence-corrected chi connectivity index (χ1v) is 7.77. The summed E-state index contributed by atoms with van der Waals surface area (Å²) in [6, 6.07) is 3.92. The molecule has 1 aromatic rings. The van der Waals surface area contributed by atoms with Crippen LogP contribution in [0, 0.1) is 0 Å². The van der Waals surface area contributed by atoms with E-state index in [2.05, 4.69) is 52.5 Å². The molecule has 1 N–H and O–H groups in total. The summed E-state index contributed by atoms with van der Waals surface area (Å²) in [6.45, 7) is 16.3. The Kier molecular flexibility index (Phi) is 3.87. The minimum absolute atomic E-state index is 0.163. The number of phenolic OH excluding ortho intramolecular Hbond substituents is 1. The van der Waals surface area contributed by atoms with Crippen LogP contribution in [-0.2, 0) is 15.6 Å². The highest BCUT2D eigenvalue weighted by Crippen LogP contribution is 2.40. The fraction of sp³-hybridized carbons (Fsp3) is 0.471. The smallest absolute Gasteiger partial charge is 0.234 e. The third-order valence-corrected chi connectivity index (χ3v) is 3.96. The SMILES string of the molecule is C=C1OC(c2cc(C(C)(C)C)c(O)c(C(C)(C)C)c2)=NS1. The third kappa shape index (κ3) is 3.26. The zero-order valence-electron chi connectivity index (χ0n) is 13.6. The zero-order chi connectivity index (χ0) is 16.0. The van der Waals surface area contributed by atoms with E-state index in [1.165, 1.54) is 11.9 Å². The van der Waals surface area contributed by atoms with E-state index < -0.39 is 0 Å². The van der Waals surface area contributed by atoms with Gasteiger partial charge in [0.15, 0.2) is 5.09 Å². The van der Waals surface area contributed by atoms with Crippen molar-refractivity contribution in [2.75, 3.05) is 0 Å². The topological polar surface area (TPSA) is 41.8 Å². The number of benzene rings is 1. The number of hydrogen-bond acceptors (Lipinski definition) is 4. The summed E-state index contributed by atoms with van der Waals surface area (Å²) in [4.78, 5) is 0. The Balaban J connectivity index is 2.66. The van der Waals surface area contributed by atoms with Gasteiger partial charge >= 0.3 is 0 Å². The molecule has 114 valence electrons. The molecule has 0 radical (unpaired) electrons. The average molecular weight is 305 g/mol. The molecule has 0 saturated heterocycles. The van der Waals surface area contributed by atoms with E-state index in [4.69, 9.17) is 4.74 Å². The first-order valence-electron chi connectivity index (χ1n) is 7.00. The molecule has 0 fully saturated rings. The Morgan fingerprint density at radius 1 is 1.05 bits per heavy atom. The van der Waals surface area contributed by atoms with Gasteiger partial charge in [0.2, 0.25) is 5.90 Å². The Morgan fingerprint density at radius 2 is 1.52 bits per heavy atom. The van der Waals surface area contributed by atoms with Gasteiger partial charge in [0.1, 0.15) is 5.75 Å². The Hall–Kier alpha value is -1.42. The molecule has 0 bridgehead atoms. The molecule has 0 atom stereocenters. The van der Waals surface area contributed by atoms with Crippen LogP contribution in [-0.4, -0.2) is 11.0 Å². The number of hydrogen-bond donors (Lipinski definition) is 1. The molecule has 0 unspecified atom stereocenters. The maximum atomic E-state index is 10.7. The first kappa shape index (κ1) is 16.0. The van der Waals surface area contributed by atoms with Crippen LogP contribution in [0.5, 0.6) is 5.75 Å². The van der Waals surface area contributed by atoms with Gasteiger partial charge in [-0.2, -0.15) is 4.40 Å². The number of nitrogens with zero attached hydrogens (tertiary/aromatic N) is 1. The van der Waals surface area contributed by atoms with Gasteiger partial charge in [0.05, 0.1) is 11.9 Å². The number of phenols is 1. The largest absolute Gasteiger partial charge is 0.507 e. The van der Waals surface area contributed by atoms with E-state index in [-0.39, 0.29) is 10.8 Å². The second-order valence-corrected chi connectivity index (χ2v) is 8.20. The van der Waals surface area contributed by atoms with Crippen LogP contribution in [0.2, 0.25) is 0 Å². The summed E-state index contributed by atoms with van der Waals surface area (Å²) >= 11 is 1.24. The summed E-state index contributed by atoms with van der Waals surface area (Å²) < 4.78 is 9.85. The van der Waals surface area contributed by atoms with Crippen molar-refractivity contribution in [3.8, 4) is 5.75 Å². The Labute approximate surface area is 131 Å². The molecule has 1 heterocycles. The van der Waals surface area contributed by atoms with Gasteiger partial charge in [0.25, 0.3) is 0 Å². The summed E-state index contributed by atoms with van der Waals surface area (Å²) in [7, 11) is 0. The van der Waals surface area contributed by atoms with Crippen molar-refractivity contribution in [2.24, 2.45) is 4.40 Å². The molecule has 21 heavy (non-hydrogen) atoms. The summed E-state index contributed by atoms with van der Waals surface area (Å²) in [5, 5.41) is 11.3. The normalized spacial score (nSPS) is 15.9. The van der Waals surface area contributed by atoms with Gasteiger partial charge in [-0.3, -0.25) is 0 Å². The molecule has 0 aliphatic carbocycles. The highest BCUT2D eigenvalue weighted by atomic mass is 32.2. The lowest BCUT2D eigenvalue weighted by Crippen LogP contribution is -2.19. The van der Waals surface area contributed by atoms with Gasteiger partial charge in [-0.1, -0.05) is 41.5 Å². The van der Waals surface area contributed by atoms with Crippen molar-refractivity contribution in [2.45, 2.75) is 52.4 Å². The van der Waals surface area contributed by atoms with Crippen molar-refractivity contribution >= 4 is 17.8 Å². The second kappa shape index (κ2) is 5.09. The lowest BCUT2D eigenvalue weighted by Gasteiger charge is -2.28. The van der Waals surface area contributed by atoms with E-state index >= 15 is 0 Å². The van der Waals surface area contributed by atoms with Crippen LogP contribution < -0.4 is 0 Å². The average Bonchev–Trinajstić information content (AvgIpc) is 2.73. The van der Waals surface area contributed by atoms with Crippen LogP contribution >= 0.6 is 11.9 Å². The lowest BCUT2D eigenvalue weighted by molar-refractivity contribution is 0.422. The molecular formula is C17H23NO2S. The maximum absolute atomic E-state index is 10.7. The Morgan fingerprint density at radius 3 is 1.86 bits per heavy atom. The van der Waals surface area contributed by atoms with Gasteiger partial charge in [-0.05, 0) is 29.5 Å². The fourth-order valence-corrected chi connectivity index (χ4v) is 2.69. The number of ether oxygens (including phenoxy) is 1.